The molecule has 4 heteroatoms. The zero-order valence-electron chi connectivity index (χ0n) is 6.92. The van der Waals surface area contributed by atoms with E-state index in [1.807, 2.05) is 0 Å². The fourth-order valence-electron chi connectivity index (χ4n) is 1.16. The molecule has 0 bridgehead atoms. The molecule has 0 radical (unpaired) electrons. The van der Waals surface area contributed by atoms with Crippen LogP contribution in [0.4, 0.5) is 5.82 Å². The third kappa shape index (κ3) is 1.65. The molecule has 12 heavy (non-hydrogen) atoms. The Morgan fingerprint density at radius 3 is 2.83 bits per heavy atom. The van der Waals surface area contributed by atoms with Crippen molar-refractivity contribution in [2.45, 2.75) is 13.3 Å². The van der Waals surface area contributed by atoms with E-state index in [9.17, 15) is 4.79 Å². The Labute approximate surface area is 70.0 Å². The fraction of sp³-hybridized carbons (Fsp3) is 0.375. The van der Waals surface area contributed by atoms with Crippen molar-refractivity contribution in [1.82, 2.24) is 4.98 Å². The zero-order valence-corrected chi connectivity index (χ0v) is 6.92. The summed E-state index contributed by atoms with van der Waals surface area (Å²) in [4.78, 5) is 14.1. The molecule has 0 aromatic carbocycles. The van der Waals surface area contributed by atoms with Gasteiger partial charge in [0.1, 0.15) is 5.82 Å². The minimum absolute atomic E-state index is 0.0200. The number of hydrogen-bond donors (Lipinski definition) is 3. The van der Waals surface area contributed by atoms with Gasteiger partial charge >= 0.3 is 0 Å². The molecule has 1 aromatic rings. The molecular weight excluding hydrogens is 156 g/mol. The molecule has 0 aliphatic rings. The number of aryl methyl sites for hydroxylation is 1. The lowest BCUT2D eigenvalue weighted by Crippen LogP contribution is -2.14. The van der Waals surface area contributed by atoms with E-state index in [1.165, 1.54) is 6.07 Å². The number of aromatic amines is 1. The maximum atomic E-state index is 11.2. The summed E-state index contributed by atoms with van der Waals surface area (Å²) in [6, 6.07) is 1.33. The fourth-order valence-corrected chi connectivity index (χ4v) is 1.16. The lowest BCUT2D eigenvalue weighted by molar-refractivity contribution is 0.299. The van der Waals surface area contributed by atoms with E-state index in [2.05, 4.69) is 4.98 Å². The molecule has 0 aliphatic heterocycles. The van der Waals surface area contributed by atoms with Crippen LogP contribution in [-0.2, 0) is 6.42 Å². The lowest BCUT2D eigenvalue weighted by atomic mass is 10.1. The Morgan fingerprint density at radius 2 is 2.33 bits per heavy atom. The van der Waals surface area contributed by atoms with Gasteiger partial charge in [0, 0.05) is 30.4 Å². The first-order chi connectivity index (χ1) is 5.65. The first-order valence-electron chi connectivity index (χ1n) is 3.74. The molecule has 0 aliphatic carbocycles. The van der Waals surface area contributed by atoms with Crippen LogP contribution in [0.2, 0.25) is 0 Å². The van der Waals surface area contributed by atoms with Gasteiger partial charge in [0.05, 0.1) is 0 Å². The van der Waals surface area contributed by atoms with Crippen LogP contribution in [0.1, 0.15) is 11.3 Å². The van der Waals surface area contributed by atoms with Crippen molar-refractivity contribution in [2.24, 2.45) is 0 Å². The van der Waals surface area contributed by atoms with Crippen molar-refractivity contribution in [3.05, 3.63) is 27.5 Å². The van der Waals surface area contributed by atoms with E-state index < -0.39 is 0 Å². The molecule has 4 N–H and O–H groups in total. The minimum Gasteiger partial charge on any atom is -0.396 e. The van der Waals surface area contributed by atoms with E-state index in [-0.39, 0.29) is 12.0 Å². The lowest BCUT2D eigenvalue weighted by Gasteiger charge is -2.03. The Bertz CT molecular complexity index is 330. The van der Waals surface area contributed by atoms with Gasteiger partial charge in [-0.2, -0.15) is 0 Å². The predicted molar refractivity (Wildman–Crippen MR) is 47.0 cm³/mol. The van der Waals surface area contributed by atoms with E-state index >= 15 is 0 Å². The molecule has 1 aromatic heterocycles. The zero-order chi connectivity index (χ0) is 9.14. The number of rotatable bonds is 2. The molecule has 0 unspecified atom stereocenters. The average molecular weight is 168 g/mol. The average Bonchev–Trinajstić information content (AvgIpc) is 1.96. The monoisotopic (exact) mass is 168 g/mol. The number of nitrogen functional groups attached to an aromatic ring is 1. The molecule has 0 saturated heterocycles. The van der Waals surface area contributed by atoms with E-state index in [1.54, 1.807) is 6.92 Å². The van der Waals surface area contributed by atoms with Crippen LogP contribution in [0.5, 0.6) is 0 Å². The van der Waals surface area contributed by atoms with Gasteiger partial charge in [0.25, 0.3) is 0 Å². The molecule has 1 rings (SSSR count). The largest absolute Gasteiger partial charge is 0.396 e. The van der Waals surface area contributed by atoms with Crippen molar-refractivity contribution >= 4 is 5.82 Å². The van der Waals surface area contributed by atoms with Gasteiger partial charge in [-0.1, -0.05) is 0 Å². The Hall–Kier alpha value is -1.29. The first kappa shape index (κ1) is 8.80. The maximum absolute atomic E-state index is 11.2. The third-order valence-corrected chi connectivity index (χ3v) is 1.73. The second-order valence-corrected chi connectivity index (χ2v) is 2.67. The standard InChI is InChI=1S/C8H12N2O2/c1-5-6(2-3-11)7(12)4-8(9)10-5/h4,11H,2-3H2,1H3,(H3,9,10,12). The summed E-state index contributed by atoms with van der Waals surface area (Å²) in [7, 11) is 0. The normalized spacial score (nSPS) is 10.2. The highest BCUT2D eigenvalue weighted by atomic mass is 16.3. The molecule has 0 amide bonds. The van der Waals surface area contributed by atoms with Crippen molar-refractivity contribution in [1.29, 1.82) is 0 Å². The molecule has 0 fully saturated rings. The van der Waals surface area contributed by atoms with Gasteiger partial charge in [-0.05, 0) is 6.92 Å². The second kappa shape index (κ2) is 3.40. The van der Waals surface area contributed by atoms with Crippen LogP contribution in [0.3, 0.4) is 0 Å². The van der Waals surface area contributed by atoms with Gasteiger partial charge in [-0.15, -0.1) is 0 Å². The van der Waals surface area contributed by atoms with Crippen LogP contribution in [0, 0.1) is 6.92 Å². The topological polar surface area (TPSA) is 79.1 Å². The molecular formula is C8H12N2O2. The SMILES string of the molecule is Cc1[nH]c(N)cc(=O)c1CCO. The number of aromatic nitrogens is 1. The number of pyridine rings is 1. The molecule has 0 spiro atoms. The van der Waals surface area contributed by atoms with Gasteiger partial charge in [-0.25, -0.2) is 0 Å². The number of H-pyrrole nitrogens is 1. The van der Waals surface area contributed by atoms with Crippen LogP contribution < -0.4 is 11.2 Å². The highest BCUT2D eigenvalue weighted by Gasteiger charge is 2.03. The summed E-state index contributed by atoms with van der Waals surface area (Å²) in [5, 5.41) is 8.65. The van der Waals surface area contributed by atoms with Gasteiger partial charge in [-0.3, -0.25) is 4.79 Å². The summed E-state index contributed by atoms with van der Waals surface area (Å²) in [5.41, 5.74) is 6.63. The summed E-state index contributed by atoms with van der Waals surface area (Å²) < 4.78 is 0. The van der Waals surface area contributed by atoms with Crippen LogP contribution in [0.15, 0.2) is 10.9 Å². The summed E-state index contributed by atoms with van der Waals surface area (Å²) >= 11 is 0. The number of aliphatic hydroxyl groups is 1. The van der Waals surface area contributed by atoms with E-state index in [0.717, 1.165) is 5.69 Å². The quantitative estimate of drug-likeness (QED) is 0.572. The highest BCUT2D eigenvalue weighted by molar-refractivity contribution is 5.33. The van der Waals surface area contributed by atoms with Crippen molar-refractivity contribution < 1.29 is 5.11 Å². The predicted octanol–water partition coefficient (Wildman–Crippen LogP) is -0.200. The first-order valence-corrected chi connectivity index (χ1v) is 3.74. The smallest absolute Gasteiger partial charge is 0.187 e. The third-order valence-electron chi connectivity index (χ3n) is 1.73. The number of nitrogens with two attached hydrogens (primary N) is 1. The van der Waals surface area contributed by atoms with Crippen molar-refractivity contribution in [3.63, 3.8) is 0 Å². The molecule has 1 heterocycles. The van der Waals surface area contributed by atoms with Gasteiger partial charge in [0.15, 0.2) is 5.43 Å². The molecule has 66 valence electrons. The summed E-state index contributed by atoms with van der Waals surface area (Å²) in [5.74, 6) is 0.360. The Morgan fingerprint density at radius 1 is 1.67 bits per heavy atom. The highest BCUT2D eigenvalue weighted by Crippen LogP contribution is 2.02. The number of hydrogen-bond acceptors (Lipinski definition) is 3. The maximum Gasteiger partial charge on any atom is 0.187 e. The Balaban J connectivity index is 3.19. The summed E-state index contributed by atoms with van der Waals surface area (Å²) in [6.45, 7) is 1.75. The van der Waals surface area contributed by atoms with E-state index in [0.29, 0.717) is 17.8 Å². The Kier molecular flexibility index (Phi) is 2.50. The van der Waals surface area contributed by atoms with Gasteiger partial charge < -0.3 is 15.8 Å². The summed E-state index contributed by atoms with van der Waals surface area (Å²) in [6.07, 6.45) is 0.376. The van der Waals surface area contributed by atoms with Crippen molar-refractivity contribution in [3.8, 4) is 0 Å². The van der Waals surface area contributed by atoms with Crippen molar-refractivity contribution in [2.75, 3.05) is 12.3 Å². The molecule has 0 saturated carbocycles. The molecule has 0 atom stereocenters. The van der Waals surface area contributed by atoms with Crippen LogP contribution >= 0.6 is 0 Å². The van der Waals surface area contributed by atoms with Crippen LogP contribution in [-0.4, -0.2) is 16.7 Å². The molecule has 4 nitrogen and oxygen atoms in total. The van der Waals surface area contributed by atoms with E-state index in [4.69, 9.17) is 10.8 Å². The second-order valence-electron chi connectivity index (χ2n) is 2.67. The van der Waals surface area contributed by atoms with Gasteiger partial charge in [0.2, 0.25) is 0 Å². The number of nitrogens with one attached hydrogen (secondary N) is 1. The minimum atomic E-state index is -0.113. The number of anilines is 1. The number of aliphatic hydroxyl groups excluding tert-OH is 1. The van der Waals surface area contributed by atoms with Crippen LogP contribution in [0.25, 0.3) is 0 Å².